The van der Waals surface area contributed by atoms with Gasteiger partial charge in [-0.2, -0.15) is 5.10 Å². The summed E-state index contributed by atoms with van der Waals surface area (Å²) in [7, 11) is 0. The highest BCUT2D eigenvalue weighted by atomic mass is 19.1. The van der Waals surface area contributed by atoms with Gasteiger partial charge in [-0.15, -0.1) is 0 Å². The van der Waals surface area contributed by atoms with Crippen LogP contribution in [-0.4, -0.2) is 22.3 Å². The molecule has 0 unspecified atom stereocenters. The predicted octanol–water partition coefficient (Wildman–Crippen LogP) is 3.27. The molecule has 0 bridgehead atoms. The third-order valence-electron chi connectivity index (χ3n) is 3.84. The Morgan fingerprint density at radius 3 is 2.42 bits per heavy atom. The van der Waals surface area contributed by atoms with E-state index in [0.717, 1.165) is 29.3 Å². The summed E-state index contributed by atoms with van der Waals surface area (Å²) in [6.45, 7) is 3.95. The molecule has 134 valence electrons. The number of benzene rings is 2. The molecule has 0 aliphatic rings. The first kappa shape index (κ1) is 17.7. The maximum Gasteiger partial charge on any atom is 0.191 e. The molecule has 0 saturated heterocycles. The van der Waals surface area contributed by atoms with Gasteiger partial charge < -0.3 is 10.6 Å². The van der Waals surface area contributed by atoms with E-state index in [2.05, 4.69) is 20.7 Å². The minimum absolute atomic E-state index is 0.229. The molecular formula is C20H22FN5. The molecular weight excluding hydrogens is 329 g/mol. The fourth-order valence-corrected chi connectivity index (χ4v) is 2.48. The number of aromatic nitrogens is 2. The fraction of sp³-hybridized carbons (Fsp3) is 0.200. The summed E-state index contributed by atoms with van der Waals surface area (Å²) in [4.78, 5) is 4.61. The number of hydrogen-bond acceptors (Lipinski definition) is 2. The van der Waals surface area contributed by atoms with Crippen LogP contribution in [0.15, 0.2) is 72.0 Å². The fourth-order valence-electron chi connectivity index (χ4n) is 2.48. The number of guanidine groups is 1. The van der Waals surface area contributed by atoms with Gasteiger partial charge in [0.15, 0.2) is 5.96 Å². The largest absolute Gasteiger partial charge is 0.357 e. The number of halogens is 1. The average molecular weight is 351 g/mol. The zero-order valence-corrected chi connectivity index (χ0v) is 14.7. The van der Waals surface area contributed by atoms with Crippen molar-refractivity contribution in [1.82, 2.24) is 20.4 Å². The lowest BCUT2D eigenvalue weighted by atomic mass is 10.2. The molecule has 6 heteroatoms. The summed E-state index contributed by atoms with van der Waals surface area (Å²) in [5, 5.41) is 10.7. The Hall–Kier alpha value is -3.15. The Labute approximate surface area is 152 Å². The molecule has 0 radical (unpaired) electrons. The van der Waals surface area contributed by atoms with E-state index in [-0.39, 0.29) is 5.82 Å². The van der Waals surface area contributed by atoms with E-state index in [1.807, 2.05) is 48.1 Å². The molecule has 3 rings (SSSR count). The van der Waals surface area contributed by atoms with Gasteiger partial charge in [0, 0.05) is 25.5 Å². The third-order valence-corrected chi connectivity index (χ3v) is 3.84. The SMILES string of the molecule is CCNC(=NCc1ccc(-n2cccn2)cc1)NCc1ccc(F)cc1. The van der Waals surface area contributed by atoms with Crippen molar-refractivity contribution < 1.29 is 4.39 Å². The molecule has 3 aromatic rings. The summed E-state index contributed by atoms with van der Waals surface area (Å²) in [5.74, 6) is 0.501. The van der Waals surface area contributed by atoms with Crippen molar-refractivity contribution in [3.8, 4) is 5.69 Å². The number of aliphatic imine (C=N–C) groups is 1. The molecule has 26 heavy (non-hydrogen) atoms. The Morgan fingerprint density at radius 1 is 1.04 bits per heavy atom. The molecule has 2 N–H and O–H groups in total. The van der Waals surface area contributed by atoms with Gasteiger partial charge in [0.05, 0.1) is 12.2 Å². The number of rotatable bonds is 6. The van der Waals surface area contributed by atoms with Crippen molar-refractivity contribution in [2.75, 3.05) is 6.54 Å². The van der Waals surface area contributed by atoms with E-state index in [1.54, 1.807) is 18.3 Å². The van der Waals surface area contributed by atoms with Gasteiger partial charge in [-0.05, 0) is 48.4 Å². The molecule has 0 aliphatic heterocycles. The van der Waals surface area contributed by atoms with Gasteiger partial charge in [0.25, 0.3) is 0 Å². The van der Waals surface area contributed by atoms with Gasteiger partial charge >= 0.3 is 0 Å². The van der Waals surface area contributed by atoms with E-state index in [1.165, 1.54) is 12.1 Å². The molecule has 0 amide bonds. The summed E-state index contributed by atoms with van der Waals surface area (Å²) in [6.07, 6.45) is 3.67. The summed E-state index contributed by atoms with van der Waals surface area (Å²) in [6, 6.07) is 16.5. The molecule has 5 nitrogen and oxygen atoms in total. The van der Waals surface area contributed by atoms with E-state index in [9.17, 15) is 4.39 Å². The van der Waals surface area contributed by atoms with Gasteiger partial charge in [0.2, 0.25) is 0 Å². The maximum absolute atomic E-state index is 13.0. The molecule has 0 saturated carbocycles. The van der Waals surface area contributed by atoms with Crippen LogP contribution in [0.4, 0.5) is 4.39 Å². The first-order chi connectivity index (χ1) is 12.7. The van der Waals surface area contributed by atoms with Gasteiger partial charge in [0.1, 0.15) is 5.82 Å². The zero-order chi connectivity index (χ0) is 18.2. The zero-order valence-electron chi connectivity index (χ0n) is 14.7. The van der Waals surface area contributed by atoms with Crippen LogP contribution in [0, 0.1) is 5.82 Å². The summed E-state index contributed by atoms with van der Waals surface area (Å²) in [5.41, 5.74) is 3.13. The lowest BCUT2D eigenvalue weighted by Crippen LogP contribution is -2.36. The molecule has 1 aromatic heterocycles. The Bertz CT molecular complexity index is 824. The number of nitrogens with one attached hydrogen (secondary N) is 2. The van der Waals surface area contributed by atoms with Crippen LogP contribution in [0.5, 0.6) is 0 Å². The molecule has 0 atom stereocenters. The van der Waals surface area contributed by atoms with Crippen LogP contribution in [0.1, 0.15) is 18.1 Å². The molecule has 0 fully saturated rings. The third kappa shape index (κ3) is 4.92. The summed E-state index contributed by atoms with van der Waals surface area (Å²) >= 11 is 0. The van der Waals surface area contributed by atoms with Crippen molar-refractivity contribution in [2.24, 2.45) is 4.99 Å². The van der Waals surface area contributed by atoms with Crippen LogP contribution < -0.4 is 10.6 Å². The highest BCUT2D eigenvalue weighted by molar-refractivity contribution is 5.79. The van der Waals surface area contributed by atoms with Crippen molar-refractivity contribution in [3.05, 3.63) is 83.9 Å². The van der Waals surface area contributed by atoms with Gasteiger partial charge in [-0.1, -0.05) is 24.3 Å². The van der Waals surface area contributed by atoms with E-state index in [4.69, 9.17) is 0 Å². The molecule has 1 heterocycles. The second-order valence-electron chi connectivity index (χ2n) is 5.79. The van der Waals surface area contributed by atoms with Crippen LogP contribution in [0.2, 0.25) is 0 Å². The molecule has 2 aromatic carbocycles. The normalized spacial score (nSPS) is 11.4. The Balaban J connectivity index is 1.60. The van der Waals surface area contributed by atoms with E-state index < -0.39 is 0 Å². The number of nitrogens with zero attached hydrogens (tertiary/aromatic N) is 3. The van der Waals surface area contributed by atoms with E-state index >= 15 is 0 Å². The Morgan fingerprint density at radius 2 is 1.77 bits per heavy atom. The van der Waals surface area contributed by atoms with Crippen LogP contribution in [0.25, 0.3) is 5.69 Å². The molecule has 0 aliphatic carbocycles. The second kappa shape index (κ2) is 8.80. The average Bonchev–Trinajstić information content (AvgIpc) is 3.20. The highest BCUT2D eigenvalue weighted by Gasteiger charge is 2.00. The predicted molar refractivity (Wildman–Crippen MR) is 102 cm³/mol. The standard InChI is InChI=1S/C20H22FN5/c1-2-22-20(23-14-16-4-8-18(21)9-5-16)24-15-17-6-10-19(11-7-17)26-13-3-12-25-26/h3-13H,2,14-15H2,1H3,(H2,22,23,24). The smallest absolute Gasteiger partial charge is 0.191 e. The minimum Gasteiger partial charge on any atom is -0.357 e. The second-order valence-corrected chi connectivity index (χ2v) is 5.79. The lowest BCUT2D eigenvalue weighted by molar-refractivity contribution is 0.626. The first-order valence-electron chi connectivity index (χ1n) is 8.60. The van der Waals surface area contributed by atoms with Crippen LogP contribution in [-0.2, 0) is 13.1 Å². The van der Waals surface area contributed by atoms with Crippen molar-refractivity contribution in [1.29, 1.82) is 0 Å². The van der Waals surface area contributed by atoms with Crippen LogP contribution >= 0.6 is 0 Å². The maximum atomic E-state index is 13.0. The first-order valence-corrected chi connectivity index (χ1v) is 8.60. The monoisotopic (exact) mass is 351 g/mol. The Kier molecular flexibility index (Phi) is 5.98. The summed E-state index contributed by atoms with van der Waals surface area (Å²) < 4.78 is 14.8. The van der Waals surface area contributed by atoms with Gasteiger partial charge in [-0.25, -0.2) is 14.1 Å². The topological polar surface area (TPSA) is 54.2 Å². The van der Waals surface area contributed by atoms with E-state index in [0.29, 0.717) is 13.1 Å². The highest BCUT2D eigenvalue weighted by Crippen LogP contribution is 2.09. The number of hydrogen-bond donors (Lipinski definition) is 2. The van der Waals surface area contributed by atoms with Crippen LogP contribution in [0.3, 0.4) is 0 Å². The lowest BCUT2D eigenvalue weighted by Gasteiger charge is -2.11. The van der Waals surface area contributed by atoms with Crippen molar-refractivity contribution in [2.45, 2.75) is 20.0 Å². The van der Waals surface area contributed by atoms with Crippen molar-refractivity contribution in [3.63, 3.8) is 0 Å². The van der Waals surface area contributed by atoms with Gasteiger partial charge in [-0.3, -0.25) is 0 Å². The quantitative estimate of drug-likeness (QED) is 0.529. The van der Waals surface area contributed by atoms with Crippen molar-refractivity contribution >= 4 is 5.96 Å². The molecule has 0 spiro atoms. The minimum atomic E-state index is -0.229.